The van der Waals surface area contributed by atoms with Crippen LogP contribution in [0.4, 0.5) is 0 Å². The van der Waals surface area contributed by atoms with Gasteiger partial charge in [0, 0.05) is 37.4 Å². The normalized spacial score (nSPS) is 19.3. The van der Waals surface area contributed by atoms with Crippen LogP contribution in [0.25, 0.3) is 0 Å². The van der Waals surface area contributed by atoms with Gasteiger partial charge in [-0.1, -0.05) is 12.1 Å². The number of rotatable bonds is 4. The molecule has 5 nitrogen and oxygen atoms in total. The van der Waals surface area contributed by atoms with Crippen LogP contribution in [0.2, 0.25) is 0 Å². The van der Waals surface area contributed by atoms with Gasteiger partial charge in [-0.3, -0.25) is 4.79 Å². The van der Waals surface area contributed by atoms with Gasteiger partial charge in [0.2, 0.25) is 0 Å². The number of hydrogen-bond acceptors (Lipinski definition) is 4. The van der Waals surface area contributed by atoms with Crippen molar-refractivity contribution in [3.63, 3.8) is 0 Å². The number of aliphatic hydroxyl groups is 1. The average molecular weight is 297 g/mol. The van der Waals surface area contributed by atoms with Crippen LogP contribution in [0, 0.1) is 5.92 Å². The van der Waals surface area contributed by atoms with E-state index in [0.29, 0.717) is 24.2 Å². The highest BCUT2D eigenvalue weighted by atomic mass is 32.2. The molecule has 0 bridgehead atoms. The summed E-state index contributed by atoms with van der Waals surface area (Å²) in [5, 5.41) is 9.09. The first-order valence-corrected chi connectivity index (χ1v) is 8.62. The van der Waals surface area contributed by atoms with Crippen molar-refractivity contribution < 1.29 is 18.3 Å². The molecule has 0 radical (unpaired) electrons. The molecule has 1 heterocycles. The number of nitrogens with zero attached hydrogens (tertiary/aromatic N) is 1. The summed E-state index contributed by atoms with van der Waals surface area (Å²) >= 11 is 0. The Kier molecular flexibility index (Phi) is 4.45. The minimum absolute atomic E-state index is 0.0161. The van der Waals surface area contributed by atoms with Gasteiger partial charge >= 0.3 is 0 Å². The zero-order chi connectivity index (χ0) is 14.8. The van der Waals surface area contributed by atoms with E-state index in [2.05, 4.69) is 0 Å². The summed E-state index contributed by atoms with van der Waals surface area (Å²) in [5.41, 5.74) is 1.24. The predicted octanol–water partition coefficient (Wildman–Crippen LogP) is 0.686. The van der Waals surface area contributed by atoms with Gasteiger partial charge in [0.05, 0.1) is 5.75 Å². The first kappa shape index (κ1) is 15.0. The lowest BCUT2D eigenvalue weighted by Gasteiger charge is -2.16. The van der Waals surface area contributed by atoms with Crippen molar-refractivity contribution in [3.05, 3.63) is 35.4 Å². The molecule has 0 spiro atoms. The zero-order valence-electron chi connectivity index (χ0n) is 11.4. The van der Waals surface area contributed by atoms with E-state index in [1.807, 2.05) is 0 Å². The number of hydrogen-bond donors (Lipinski definition) is 1. The van der Waals surface area contributed by atoms with Gasteiger partial charge in [-0.15, -0.1) is 0 Å². The molecule has 1 unspecified atom stereocenters. The van der Waals surface area contributed by atoms with E-state index in [1.54, 1.807) is 29.2 Å². The van der Waals surface area contributed by atoms with Crippen molar-refractivity contribution in [2.24, 2.45) is 5.92 Å². The highest BCUT2D eigenvalue weighted by Crippen LogP contribution is 2.18. The molecular formula is C14H19NO4S. The molecule has 1 aliphatic heterocycles. The van der Waals surface area contributed by atoms with Gasteiger partial charge in [0.15, 0.2) is 9.84 Å². The van der Waals surface area contributed by atoms with E-state index < -0.39 is 9.84 Å². The molecule has 110 valence electrons. The molecule has 1 saturated heterocycles. The minimum Gasteiger partial charge on any atom is -0.396 e. The van der Waals surface area contributed by atoms with E-state index in [1.165, 1.54) is 6.26 Å². The first-order valence-electron chi connectivity index (χ1n) is 6.56. The number of carbonyl (C=O) groups excluding carboxylic acids is 1. The monoisotopic (exact) mass is 297 g/mol. The van der Waals surface area contributed by atoms with Gasteiger partial charge in [-0.25, -0.2) is 8.42 Å². The Morgan fingerprint density at radius 2 is 2.00 bits per heavy atom. The van der Waals surface area contributed by atoms with Crippen LogP contribution in [0.15, 0.2) is 24.3 Å². The second-order valence-electron chi connectivity index (χ2n) is 5.36. The third-order valence-electron chi connectivity index (χ3n) is 3.46. The molecule has 1 aromatic rings. The Hall–Kier alpha value is -1.40. The van der Waals surface area contributed by atoms with E-state index >= 15 is 0 Å². The topological polar surface area (TPSA) is 74.7 Å². The quantitative estimate of drug-likeness (QED) is 0.887. The molecule has 2 rings (SSSR count). The molecule has 0 saturated carbocycles. The summed E-state index contributed by atoms with van der Waals surface area (Å²) in [5.74, 6) is 0.0907. The molecule has 0 aromatic heterocycles. The SMILES string of the molecule is CS(=O)(=O)Cc1ccc(C(=O)N2CCC(CO)C2)cc1. The van der Waals surface area contributed by atoms with Crippen molar-refractivity contribution in [1.29, 1.82) is 0 Å². The summed E-state index contributed by atoms with van der Waals surface area (Å²) in [6, 6.07) is 6.67. The fourth-order valence-corrected chi connectivity index (χ4v) is 3.19. The molecule has 1 atom stereocenters. The highest BCUT2D eigenvalue weighted by Gasteiger charge is 2.26. The number of sulfone groups is 1. The van der Waals surface area contributed by atoms with Gasteiger partial charge in [-0.2, -0.15) is 0 Å². The van der Waals surface area contributed by atoms with Crippen molar-refractivity contribution in [1.82, 2.24) is 4.90 Å². The van der Waals surface area contributed by atoms with E-state index in [4.69, 9.17) is 5.11 Å². The standard InChI is InChI=1S/C14H19NO4S/c1-20(18,19)10-11-2-4-13(5-3-11)14(17)15-7-6-12(8-15)9-16/h2-5,12,16H,6-10H2,1H3. The lowest BCUT2D eigenvalue weighted by atomic mass is 10.1. The molecular weight excluding hydrogens is 278 g/mol. The van der Waals surface area contributed by atoms with Crippen molar-refractivity contribution >= 4 is 15.7 Å². The summed E-state index contributed by atoms with van der Waals surface area (Å²) in [6.45, 7) is 1.35. The third kappa shape index (κ3) is 3.80. The molecule has 20 heavy (non-hydrogen) atoms. The fourth-order valence-electron chi connectivity index (χ4n) is 2.40. The van der Waals surface area contributed by atoms with E-state index in [-0.39, 0.29) is 24.2 Å². The molecule has 1 amide bonds. The van der Waals surface area contributed by atoms with Crippen LogP contribution in [-0.4, -0.2) is 50.3 Å². The van der Waals surface area contributed by atoms with Crippen molar-refractivity contribution in [2.75, 3.05) is 26.0 Å². The number of aliphatic hydroxyl groups excluding tert-OH is 1. The van der Waals surface area contributed by atoms with Gasteiger partial charge in [0.25, 0.3) is 5.91 Å². The largest absolute Gasteiger partial charge is 0.396 e. The van der Waals surface area contributed by atoms with Gasteiger partial charge in [0.1, 0.15) is 0 Å². The first-order chi connectivity index (χ1) is 9.39. The summed E-state index contributed by atoms with van der Waals surface area (Å²) < 4.78 is 22.4. The maximum absolute atomic E-state index is 12.2. The molecule has 6 heteroatoms. The van der Waals surface area contributed by atoms with Crippen molar-refractivity contribution in [2.45, 2.75) is 12.2 Å². The number of benzene rings is 1. The number of likely N-dealkylation sites (tertiary alicyclic amines) is 1. The molecule has 1 N–H and O–H groups in total. The summed E-state index contributed by atoms with van der Waals surface area (Å²) in [6.07, 6.45) is 2.01. The van der Waals surface area contributed by atoms with Crippen LogP contribution in [0.1, 0.15) is 22.3 Å². The maximum Gasteiger partial charge on any atom is 0.253 e. The van der Waals surface area contributed by atoms with Gasteiger partial charge in [-0.05, 0) is 24.1 Å². The highest BCUT2D eigenvalue weighted by molar-refractivity contribution is 7.89. The second-order valence-corrected chi connectivity index (χ2v) is 7.50. The molecule has 1 fully saturated rings. The zero-order valence-corrected chi connectivity index (χ0v) is 12.3. The van der Waals surface area contributed by atoms with Crippen LogP contribution >= 0.6 is 0 Å². The summed E-state index contributed by atoms with van der Waals surface area (Å²) in [4.78, 5) is 14.0. The second kappa shape index (κ2) is 5.93. The maximum atomic E-state index is 12.2. The number of amides is 1. The lowest BCUT2D eigenvalue weighted by Crippen LogP contribution is -2.29. The average Bonchev–Trinajstić information content (AvgIpc) is 2.85. The van der Waals surface area contributed by atoms with Crippen LogP contribution in [0.5, 0.6) is 0 Å². The van der Waals surface area contributed by atoms with Crippen LogP contribution in [0.3, 0.4) is 0 Å². The van der Waals surface area contributed by atoms with Crippen LogP contribution in [-0.2, 0) is 15.6 Å². The minimum atomic E-state index is -3.06. The fraction of sp³-hybridized carbons (Fsp3) is 0.500. The molecule has 1 aliphatic rings. The number of carbonyl (C=O) groups is 1. The van der Waals surface area contributed by atoms with E-state index in [9.17, 15) is 13.2 Å². The lowest BCUT2D eigenvalue weighted by molar-refractivity contribution is 0.0782. The smallest absolute Gasteiger partial charge is 0.253 e. The van der Waals surface area contributed by atoms with Crippen molar-refractivity contribution in [3.8, 4) is 0 Å². The Morgan fingerprint density at radius 1 is 1.35 bits per heavy atom. The van der Waals surface area contributed by atoms with Gasteiger partial charge < -0.3 is 10.0 Å². The Labute approximate surface area is 119 Å². The molecule has 1 aromatic carbocycles. The summed E-state index contributed by atoms with van der Waals surface area (Å²) in [7, 11) is -3.06. The molecule has 0 aliphatic carbocycles. The Morgan fingerprint density at radius 3 is 2.50 bits per heavy atom. The van der Waals surface area contributed by atoms with Crippen LogP contribution < -0.4 is 0 Å². The predicted molar refractivity (Wildman–Crippen MR) is 76.1 cm³/mol. The Balaban J connectivity index is 2.05. The third-order valence-corrected chi connectivity index (χ3v) is 4.32. The Bertz CT molecular complexity index is 580. The van der Waals surface area contributed by atoms with E-state index in [0.717, 1.165) is 6.42 Å².